The number of rotatable bonds is 2. The van der Waals surface area contributed by atoms with Crippen molar-refractivity contribution < 1.29 is 9.63 Å². The van der Waals surface area contributed by atoms with E-state index in [4.69, 9.17) is 28.0 Å². The number of aryl methyl sites for hydroxylation is 1. The molecule has 0 saturated heterocycles. The zero-order chi connectivity index (χ0) is 18.3. The molecule has 0 saturated carbocycles. The van der Waals surface area contributed by atoms with Crippen molar-refractivity contribution in [2.45, 2.75) is 19.3 Å². The molecule has 0 fully saturated rings. The van der Waals surface area contributed by atoms with Gasteiger partial charge in [-0.05, 0) is 43.5 Å². The van der Waals surface area contributed by atoms with E-state index in [1.165, 1.54) is 17.8 Å². The van der Waals surface area contributed by atoms with E-state index in [0.717, 1.165) is 41.4 Å². The van der Waals surface area contributed by atoms with Gasteiger partial charge in [-0.2, -0.15) is 0 Å². The number of aromatic nitrogens is 1. The van der Waals surface area contributed by atoms with E-state index >= 15 is 0 Å². The number of para-hydroxylation sites is 1. The fraction of sp³-hybridized carbons (Fsp3) is 0.200. The zero-order valence-electron chi connectivity index (χ0n) is 14.1. The van der Waals surface area contributed by atoms with Crippen molar-refractivity contribution in [3.8, 4) is 0 Å². The Morgan fingerprint density at radius 3 is 2.77 bits per heavy atom. The number of halogens is 2. The molecule has 0 spiro atoms. The molecule has 4 rings (SSSR count). The molecule has 1 aliphatic carbocycles. The summed E-state index contributed by atoms with van der Waals surface area (Å²) in [7, 11) is 2.06. The number of fused-ring (bicyclic) bond motifs is 3. The second kappa shape index (κ2) is 6.78. The van der Waals surface area contributed by atoms with Crippen molar-refractivity contribution in [1.82, 2.24) is 4.57 Å². The minimum Gasteiger partial charge on any atom is -0.347 e. The maximum absolute atomic E-state index is 12.3. The van der Waals surface area contributed by atoms with E-state index in [1.54, 1.807) is 6.07 Å². The molecule has 26 heavy (non-hydrogen) atoms. The third-order valence-corrected chi connectivity index (χ3v) is 5.28. The van der Waals surface area contributed by atoms with Gasteiger partial charge >= 0.3 is 5.97 Å². The van der Waals surface area contributed by atoms with Gasteiger partial charge in [-0.15, -0.1) is 0 Å². The highest BCUT2D eigenvalue weighted by molar-refractivity contribution is 6.36. The summed E-state index contributed by atoms with van der Waals surface area (Å²) >= 11 is 11.9. The number of nitrogens with zero attached hydrogens (tertiary/aromatic N) is 2. The molecule has 1 aliphatic rings. The molecule has 0 unspecified atom stereocenters. The molecular formula is C20H16Cl2N2O2. The van der Waals surface area contributed by atoms with Gasteiger partial charge in [0.05, 0.1) is 16.3 Å². The van der Waals surface area contributed by atoms with Gasteiger partial charge in [0.15, 0.2) is 0 Å². The molecule has 0 bridgehead atoms. The van der Waals surface area contributed by atoms with Crippen LogP contribution in [0.1, 0.15) is 34.5 Å². The maximum atomic E-state index is 12.3. The van der Waals surface area contributed by atoms with Gasteiger partial charge < -0.3 is 9.40 Å². The second-order valence-corrected chi connectivity index (χ2v) is 7.14. The molecule has 2 aromatic carbocycles. The lowest BCUT2D eigenvalue weighted by Gasteiger charge is -2.15. The quantitative estimate of drug-likeness (QED) is 0.438. The largest absolute Gasteiger partial charge is 0.367 e. The van der Waals surface area contributed by atoms with E-state index in [9.17, 15) is 4.79 Å². The first-order chi connectivity index (χ1) is 12.6. The Bertz CT molecular complexity index is 1050. The van der Waals surface area contributed by atoms with Gasteiger partial charge in [-0.1, -0.05) is 46.6 Å². The highest BCUT2D eigenvalue weighted by atomic mass is 35.5. The lowest BCUT2D eigenvalue weighted by molar-refractivity contribution is 0.0515. The summed E-state index contributed by atoms with van der Waals surface area (Å²) < 4.78 is 2.19. The van der Waals surface area contributed by atoms with Gasteiger partial charge in [0.25, 0.3) is 0 Å². The average Bonchev–Trinajstić information content (AvgIpc) is 2.93. The van der Waals surface area contributed by atoms with Crippen molar-refractivity contribution in [3.05, 3.63) is 69.3 Å². The predicted molar refractivity (Wildman–Crippen MR) is 104 cm³/mol. The average molecular weight is 387 g/mol. The lowest BCUT2D eigenvalue weighted by atomic mass is 9.93. The third-order valence-electron chi connectivity index (χ3n) is 4.73. The molecular weight excluding hydrogens is 371 g/mol. The van der Waals surface area contributed by atoms with E-state index in [-0.39, 0.29) is 10.6 Å². The molecule has 4 nitrogen and oxygen atoms in total. The molecule has 6 heteroatoms. The molecule has 0 N–H and O–H groups in total. The fourth-order valence-electron chi connectivity index (χ4n) is 3.50. The van der Waals surface area contributed by atoms with Crippen molar-refractivity contribution in [1.29, 1.82) is 0 Å². The highest BCUT2D eigenvalue weighted by Crippen LogP contribution is 2.32. The summed E-state index contributed by atoms with van der Waals surface area (Å²) in [5, 5.41) is 6.03. The molecule has 0 atom stereocenters. The summed E-state index contributed by atoms with van der Waals surface area (Å²) in [5.74, 6) is -0.591. The Morgan fingerprint density at radius 2 is 1.96 bits per heavy atom. The minimum absolute atomic E-state index is 0.245. The van der Waals surface area contributed by atoms with E-state index in [0.29, 0.717) is 5.02 Å². The molecule has 0 amide bonds. The third kappa shape index (κ3) is 2.89. The summed E-state index contributed by atoms with van der Waals surface area (Å²) in [6.07, 6.45) is 2.72. The summed E-state index contributed by atoms with van der Waals surface area (Å²) in [6, 6.07) is 12.8. The SMILES string of the molecule is Cn1c2c(c3ccccc31)/C(=N/OC(=O)c1ccc(Cl)cc1Cl)CCC2. The number of benzene rings is 2. The van der Waals surface area contributed by atoms with Gasteiger partial charge in [0.2, 0.25) is 0 Å². The fourth-order valence-corrected chi connectivity index (χ4v) is 3.99. The van der Waals surface area contributed by atoms with Crippen LogP contribution in [-0.4, -0.2) is 16.2 Å². The maximum Gasteiger partial charge on any atom is 0.367 e. The lowest BCUT2D eigenvalue weighted by Crippen LogP contribution is -2.14. The smallest absolute Gasteiger partial charge is 0.347 e. The minimum atomic E-state index is -0.591. The summed E-state index contributed by atoms with van der Waals surface area (Å²) in [4.78, 5) is 17.6. The van der Waals surface area contributed by atoms with Crippen LogP contribution in [0.15, 0.2) is 47.6 Å². The van der Waals surface area contributed by atoms with Gasteiger partial charge in [-0.3, -0.25) is 0 Å². The number of hydrogen-bond acceptors (Lipinski definition) is 3. The van der Waals surface area contributed by atoms with Gasteiger partial charge in [-0.25, -0.2) is 4.79 Å². The summed E-state index contributed by atoms with van der Waals surface area (Å²) in [5.41, 5.74) is 4.48. The van der Waals surface area contributed by atoms with Gasteiger partial charge in [0, 0.05) is 34.2 Å². The highest BCUT2D eigenvalue weighted by Gasteiger charge is 2.24. The van der Waals surface area contributed by atoms with Crippen molar-refractivity contribution >= 4 is 45.8 Å². The number of hydrogen-bond donors (Lipinski definition) is 0. The molecule has 1 aromatic heterocycles. The number of oxime groups is 1. The molecule has 132 valence electrons. The molecule has 0 radical (unpaired) electrons. The van der Waals surface area contributed by atoms with Crippen LogP contribution in [-0.2, 0) is 18.3 Å². The monoisotopic (exact) mass is 386 g/mol. The molecule has 1 heterocycles. The van der Waals surface area contributed by atoms with Crippen LogP contribution in [0.2, 0.25) is 10.0 Å². The van der Waals surface area contributed by atoms with Crippen LogP contribution in [0.5, 0.6) is 0 Å². The standard InChI is InChI=1S/C20H16Cl2N2O2/c1-24-17-7-3-2-5-14(17)19-16(6-4-8-18(19)24)23-26-20(25)13-10-9-12(21)11-15(13)22/h2-3,5,7,9-11H,4,6,8H2,1H3/b23-16+. The van der Waals surface area contributed by atoms with Crippen LogP contribution in [0, 0.1) is 0 Å². The van der Waals surface area contributed by atoms with E-state index in [1.807, 2.05) is 12.1 Å². The first kappa shape index (κ1) is 17.1. The first-order valence-corrected chi connectivity index (χ1v) is 9.12. The topological polar surface area (TPSA) is 43.6 Å². The Kier molecular flexibility index (Phi) is 4.47. The van der Waals surface area contributed by atoms with Crippen LogP contribution in [0.3, 0.4) is 0 Å². The van der Waals surface area contributed by atoms with Crippen molar-refractivity contribution in [3.63, 3.8) is 0 Å². The van der Waals surface area contributed by atoms with Crippen LogP contribution in [0.4, 0.5) is 0 Å². The Balaban J connectivity index is 1.70. The number of carbonyl (C=O) groups excluding carboxylic acids is 1. The Morgan fingerprint density at radius 1 is 1.15 bits per heavy atom. The Labute approximate surface area is 161 Å². The van der Waals surface area contributed by atoms with E-state index in [2.05, 4.69) is 28.9 Å². The van der Waals surface area contributed by atoms with Crippen LogP contribution < -0.4 is 0 Å². The van der Waals surface area contributed by atoms with E-state index < -0.39 is 5.97 Å². The normalized spacial score (nSPS) is 15.3. The Hall–Kier alpha value is -2.30. The van der Waals surface area contributed by atoms with Crippen LogP contribution >= 0.6 is 23.2 Å². The van der Waals surface area contributed by atoms with Crippen LogP contribution in [0.25, 0.3) is 10.9 Å². The van der Waals surface area contributed by atoms with Crippen molar-refractivity contribution in [2.24, 2.45) is 12.2 Å². The second-order valence-electron chi connectivity index (χ2n) is 6.29. The van der Waals surface area contributed by atoms with Gasteiger partial charge in [0.1, 0.15) is 0 Å². The predicted octanol–water partition coefficient (Wildman–Crippen LogP) is 5.38. The van der Waals surface area contributed by atoms with Crippen molar-refractivity contribution in [2.75, 3.05) is 0 Å². The first-order valence-electron chi connectivity index (χ1n) is 8.36. The zero-order valence-corrected chi connectivity index (χ0v) is 15.6. The molecule has 3 aromatic rings. The number of carbonyl (C=O) groups is 1. The molecule has 0 aliphatic heterocycles. The summed E-state index contributed by atoms with van der Waals surface area (Å²) in [6.45, 7) is 0.